The van der Waals surface area contributed by atoms with Crippen LogP contribution < -0.4 is 5.32 Å². The van der Waals surface area contributed by atoms with Crippen LogP contribution in [0.4, 0.5) is 0 Å². The van der Waals surface area contributed by atoms with Gasteiger partial charge in [-0.25, -0.2) is 0 Å². The summed E-state index contributed by atoms with van der Waals surface area (Å²) in [5, 5.41) is 3.38. The van der Waals surface area contributed by atoms with E-state index < -0.39 is 0 Å². The Labute approximate surface area is 106 Å². The van der Waals surface area contributed by atoms with Gasteiger partial charge in [0.15, 0.2) is 0 Å². The van der Waals surface area contributed by atoms with Gasteiger partial charge in [0.25, 0.3) is 0 Å². The van der Waals surface area contributed by atoms with Crippen molar-refractivity contribution >= 4 is 11.6 Å². The minimum Gasteiger partial charge on any atom is -0.380 e. The van der Waals surface area contributed by atoms with Crippen molar-refractivity contribution in [3.63, 3.8) is 0 Å². The average molecular weight is 250 g/mol. The first-order valence-electron chi connectivity index (χ1n) is 6.51. The normalized spacial score (nSPS) is 13.3. The third-order valence-corrected chi connectivity index (χ3v) is 3.10. The molecule has 3 heteroatoms. The van der Waals surface area contributed by atoms with Crippen molar-refractivity contribution in [1.82, 2.24) is 5.32 Å². The molecule has 0 aromatic rings. The molecule has 1 atom stereocenters. The van der Waals surface area contributed by atoms with E-state index in [0.717, 1.165) is 44.5 Å². The van der Waals surface area contributed by atoms with Crippen molar-refractivity contribution in [3.05, 3.63) is 0 Å². The second kappa shape index (κ2) is 11.7. The van der Waals surface area contributed by atoms with Gasteiger partial charge in [0, 0.05) is 19.0 Å². The number of nitrogens with one attached hydrogen (secondary N) is 1. The molecule has 0 aromatic carbocycles. The molecule has 0 amide bonds. The van der Waals surface area contributed by atoms with Crippen molar-refractivity contribution in [1.29, 1.82) is 0 Å². The summed E-state index contributed by atoms with van der Waals surface area (Å²) in [5.41, 5.74) is 0. The molecule has 0 aliphatic heterocycles. The quantitative estimate of drug-likeness (QED) is 0.448. The fourth-order valence-corrected chi connectivity index (χ4v) is 1.50. The third kappa shape index (κ3) is 12.3. The molecule has 0 radical (unpaired) electrons. The lowest BCUT2D eigenvalue weighted by Crippen LogP contribution is -2.21. The van der Waals surface area contributed by atoms with Gasteiger partial charge in [-0.3, -0.25) is 0 Å². The molecule has 98 valence electrons. The molecule has 0 bridgehead atoms. The van der Waals surface area contributed by atoms with Gasteiger partial charge >= 0.3 is 0 Å². The Morgan fingerprint density at radius 2 is 1.81 bits per heavy atom. The van der Waals surface area contributed by atoms with Gasteiger partial charge in [0.05, 0.1) is 6.61 Å². The smallest absolute Gasteiger partial charge is 0.0590 e. The van der Waals surface area contributed by atoms with E-state index >= 15 is 0 Å². The van der Waals surface area contributed by atoms with E-state index in [2.05, 4.69) is 26.1 Å². The largest absolute Gasteiger partial charge is 0.380 e. The molecule has 0 aromatic heterocycles. The number of halogens is 1. The number of rotatable bonds is 11. The highest BCUT2D eigenvalue weighted by Gasteiger charge is 1.98. The Bertz CT molecular complexity index is 142. The summed E-state index contributed by atoms with van der Waals surface area (Å²) in [4.78, 5) is 0. The monoisotopic (exact) mass is 249 g/mol. The van der Waals surface area contributed by atoms with E-state index in [0.29, 0.717) is 5.92 Å². The topological polar surface area (TPSA) is 21.3 Å². The van der Waals surface area contributed by atoms with Crippen LogP contribution in [0.2, 0.25) is 0 Å². The van der Waals surface area contributed by atoms with Gasteiger partial charge < -0.3 is 10.1 Å². The summed E-state index contributed by atoms with van der Waals surface area (Å²) in [6.07, 6.45) is 3.58. The Balaban J connectivity index is 2.99. The van der Waals surface area contributed by atoms with E-state index in [1.54, 1.807) is 0 Å². The lowest BCUT2D eigenvalue weighted by atomic mass is 10.1. The fraction of sp³-hybridized carbons (Fsp3) is 1.00. The maximum atomic E-state index is 5.73. The van der Waals surface area contributed by atoms with E-state index in [4.69, 9.17) is 16.3 Å². The van der Waals surface area contributed by atoms with Crippen LogP contribution in [0.15, 0.2) is 0 Å². The van der Waals surface area contributed by atoms with Crippen LogP contribution >= 0.6 is 11.6 Å². The molecule has 0 saturated carbocycles. The first kappa shape index (κ1) is 16.2. The van der Waals surface area contributed by atoms with Gasteiger partial charge in [-0.2, -0.15) is 0 Å². The minimum absolute atomic E-state index is 0.644. The molecule has 0 saturated heterocycles. The van der Waals surface area contributed by atoms with E-state index in [9.17, 15) is 0 Å². The first-order chi connectivity index (χ1) is 7.66. The van der Waals surface area contributed by atoms with E-state index in [1.807, 2.05) is 0 Å². The zero-order valence-corrected chi connectivity index (χ0v) is 11.9. The third-order valence-electron chi connectivity index (χ3n) is 2.58. The molecular formula is C13H28ClNO. The maximum absolute atomic E-state index is 5.73. The van der Waals surface area contributed by atoms with Crippen LogP contribution in [0.3, 0.4) is 0 Å². The summed E-state index contributed by atoms with van der Waals surface area (Å²) >= 11 is 5.73. The Morgan fingerprint density at radius 3 is 2.44 bits per heavy atom. The zero-order valence-electron chi connectivity index (χ0n) is 11.1. The fourth-order valence-electron chi connectivity index (χ4n) is 1.34. The number of alkyl halides is 1. The maximum Gasteiger partial charge on any atom is 0.0590 e. The number of hydrogen-bond acceptors (Lipinski definition) is 2. The molecule has 0 rings (SSSR count). The second-order valence-corrected chi connectivity index (χ2v) is 5.26. The van der Waals surface area contributed by atoms with Crippen LogP contribution in [-0.2, 0) is 4.74 Å². The Kier molecular flexibility index (Phi) is 11.8. The second-order valence-electron chi connectivity index (χ2n) is 4.95. The summed E-state index contributed by atoms with van der Waals surface area (Å²) in [5.74, 6) is 2.16. The van der Waals surface area contributed by atoms with Gasteiger partial charge in [-0.1, -0.05) is 20.8 Å². The standard InChI is InChI=1S/C13H28ClNO/c1-12(2)6-9-16-10-8-15-7-4-5-13(3)11-14/h12-13,15H,4-11H2,1-3H3. The molecule has 1 unspecified atom stereocenters. The summed E-state index contributed by atoms with van der Waals surface area (Å²) in [7, 11) is 0. The van der Waals surface area contributed by atoms with Crippen molar-refractivity contribution in [2.75, 3.05) is 32.2 Å². The van der Waals surface area contributed by atoms with Crippen molar-refractivity contribution < 1.29 is 4.74 Å². The zero-order chi connectivity index (χ0) is 12.2. The summed E-state index contributed by atoms with van der Waals surface area (Å²) in [6, 6.07) is 0. The molecule has 1 N–H and O–H groups in total. The van der Waals surface area contributed by atoms with Crippen LogP contribution in [0.5, 0.6) is 0 Å². The van der Waals surface area contributed by atoms with Crippen molar-refractivity contribution in [2.24, 2.45) is 11.8 Å². The van der Waals surface area contributed by atoms with Crippen molar-refractivity contribution in [3.8, 4) is 0 Å². The first-order valence-corrected chi connectivity index (χ1v) is 7.04. The van der Waals surface area contributed by atoms with Gasteiger partial charge in [0.2, 0.25) is 0 Å². The highest BCUT2D eigenvalue weighted by Crippen LogP contribution is 2.05. The van der Waals surface area contributed by atoms with E-state index in [-0.39, 0.29) is 0 Å². The number of ether oxygens (including phenoxy) is 1. The molecule has 0 heterocycles. The van der Waals surface area contributed by atoms with Gasteiger partial charge in [-0.15, -0.1) is 11.6 Å². The summed E-state index contributed by atoms with van der Waals surface area (Å²) < 4.78 is 5.51. The van der Waals surface area contributed by atoms with Crippen LogP contribution in [-0.4, -0.2) is 32.2 Å². The molecule has 0 aliphatic rings. The lowest BCUT2D eigenvalue weighted by Gasteiger charge is -2.09. The predicted molar refractivity (Wildman–Crippen MR) is 72.3 cm³/mol. The molecule has 0 aliphatic carbocycles. The predicted octanol–water partition coefficient (Wildman–Crippen LogP) is 3.29. The average Bonchev–Trinajstić information content (AvgIpc) is 2.26. The molecule has 2 nitrogen and oxygen atoms in total. The van der Waals surface area contributed by atoms with E-state index in [1.165, 1.54) is 12.8 Å². The lowest BCUT2D eigenvalue weighted by molar-refractivity contribution is 0.125. The Morgan fingerprint density at radius 1 is 1.06 bits per heavy atom. The van der Waals surface area contributed by atoms with Crippen LogP contribution in [0.25, 0.3) is 0 Å². The highest BCUT2D eigenvalue weighted by atomic mass is 35.5. The molecule has 0 fully saturated rings. The Hall–Kier alpha value is 0.210. The van der Waals surface area contributed by atoms with Crippen LogP contribution in [0, 0.1) is 11.8 Å². The minimum atomic E-state index is 0.644. The molecule has 16 heavy (non-hydrogen) atoms. The molecule has 0 spiro atoms. The summed E-state index contributed by atoms with van der Waals surface area (Å²) in [6.45, 7) is 10.4. The van der Waals surface area contributed by atoms with Gasteiger partial charge in [-0.05, 0) is 37.6 Å². The molecular weight excluding hydrogens is 222 g/mol. The van der Waals surface area contributed by atoms with Gasteiger partial charge in [0.1, 0.15) is 0 Å². The SMILES string of the molecule is CC(C)CCOCCNCCCC(C)CCl. The highest BCUT2D eigenvalue weighted by molar-refractivity contribution is 6.18. The van der Waals surface area contributed by atoms with Crippen LogP contribution in [0.1, 0.15) is 40.0 Å². The number of hydrogen-bond donors (Lipinski definition) is 1. The van der Waals surface area contributed by atoms with Crippen molar-refractivity contribution in [2.45, 2.75) is 40.0 Å².